The van der Waals surface area contributed by atoms with E-state index in [1.807, 2.05) is 0 Å². The number of nitrogens with one attached hydrogen (secondary N) is 1. The number of hydrogen-bond acceptors (Lipinski definition) is 5. The van der Waals surface area contributed by atoms with Gasteiger partial charge in [-0.15, -0.1) is 0 Å². The van der Waals surface area contributed by atoms with Crippen molar-refractivity contribution >= 4 is 17.5 Å². The Balaban J connectivity index is 1.41. The van der Waals surface area contributed by atoms with E-state index in [9.17, 15) is 13.6 Å². The first-order valence-electron chi connectivity index (χ1n) is 9.02. The molecule has 148 valence electrons. The summed E-state index contributed by atoms with van der Waals surface area (Å²) in [6.45, 7) is 1.16. The van der Waals surface area contributed by atoms with E-state index in [1.54, 1.807) is 23.5 Å². The molecule has 7 nitrogen and oxygen atoms in total. The van der Waals surface area contributed by atoms with Gasteiger partial charge in [-0.3, -0.25) is 15.3 Å². The smallest absolute Gasteiger partial charge is 0.323 e. The predicted molar refractivity (Wildman–Crippen MR) is 104 cm³/mol. The standard InChI is InChI=1S/C20H18F2N6O/c21-13-1-2-15(16(22)8-13)18-4-3-17(23)19(26-18)27-20(29)28-10-12(11-28)7-14-9-24-5-6-25-14/h1-6,8-9,12H,7,10-11,23H2,(H,26,27,29). The lowest BCUT2D eigenvalue weighted by Gasteiger charge is -2.39. The molecule has 3 aromatic rings. The molecule has 0 atom stereocenters. The second kappa shape index (κ2) is 7.78. The second-order valence-electron chi connectivity index (χ2n) is 6.86. The van der Waals surface area contributed by atoms with Crippen LogP contribution in [0.1, 0.15) is 5.69 Å². The molecule has 1 saturated heterocycles. The van der Waals surface area contributed by atoms with Gasteiger partial charge in [-0.1, -0.05) is 0 Å². The van der Waals surface area contributed by atoms with Crippen LogP contribution in [0.15, 0.2) is 48.9 Å². The maximum atomic E-state index is 14.0. The molecule has 4 rings (SSSR count). The molecule has 1 fully saturated rings. The van der Waals surface area contributed by atoms with Crippen molar-refractivity contribution in [2.75, 3.05) is 24.1 Å². The van der Waals surface area contributed by atoms with Gasteiger partial charge in [0.05, 0.1) is 17.1 Å². The van der Waals surface area contributed by atoms with Crippen LogP contribution in [0, 0.1) is 17.6 Å². The van der Waals surface area contributed by atoms with E-state index < -0.39 is 11.6 Å². The SMILES string of the molecule is Nc1ccc(-c2ccc(F)cc2F)nc1NC(=O)N1CC(Cc2cnccn2)C1. The summed E-state index contributed by atoms with van der Waals surface area (Å²) in [7, 11) is 0. The van der Waals surface area contributed by atoms with Crippen molar-refractivity contribution in [3.8, 4) is 11.3 Å². The van der Waals surface area contributed by atoms with Gasteiger partial charge in [0, 0.05) is 43.3 Å². The highest BCUT2D eigenvalue weighted by atomic mass is 19.1. The van der Waals surface area contributed by atoms with Crippen molar-refractivity contribution in [2.45, 2.75) is 6.42 Å². The highest BCUT2D eigenvalue weighted by Crippen LogP contribution is 2.27. The number of nitrogens with zero attached hydrogens (tertiary/aromatic N) is 4. The van der Waals surface area contributed by atoms with Gasteiger partial charge in [0.15, 0.2) is 5.82 Å². The number of halogens is 2. The molecular formula is C20H18F2N6O. The Labute approximate surface area is 165 Å². The number of benzene rings is 1. The van der Waals surface area contributed by atoms with Crippen molar-refractivity contribution in [1.82, 2.24) is 19.9 Å². The Kier molecular flexibility index (Phi) is 5.03. The quantitative estimate of drug-likeness (QED) is 0.706. The molecule has 1 aliphatic heterocycles. The van der Waals surface area contributed by atoms with Gasteiger partial charge < -0.3 is 10.6 Å². The average Bonchev–Trinajstić information content (AvgIpc) is 2.67. The Hall–Kier alpha value is -3.62. The minimum atomic E-state index is -0.742. The van der Waals surface area contributed by atoms with E-state index in [-0.39, 0.29) is 28.8 Å². The van der Waals surface area contributed by atoms with Crippen LogP contribution in [0.3, 0.4) is 0 Å². The van der Waals surface area contributed by atoms with Gasteiger partial charge in [-0.05, 0) is 36.6 Å². The summed E-state index contributed by atoms with van der Waals surface area (Å²) >= 11 is 0. The van der Waals surface area contributed by atoms with E-state index in [0.717, 1.165) is 24.2 Å². The topological polar surface area (TPSA) is 97.0 Å². The highest BCUT2D eigenvalue weighted by molar-refractivity contribution is 5.92. The third-order valence-electron chi connectivity index (χ3n) is 4.72. The van der Waals surface area contributed by atoms with Gasteiger partial charge in [-0.25, -0.2) is 18.6 Å². The molecule has 1 aliphatic rings. The van der Waals surface area contributed by atoms with Gasteiger partial charge >= 0.3 is 6.03 Å². The zero-order valence-electron chi connectivity index (χ0n) is 15.3. The molecule has 1 aromatic carbocycles. The fourth-order valence-corrected chi connectivity index (χ4v) is 3.19. The van der Waals surface area contributed by atoms with Crippen molar-refractivity contribution in [3.05, 3.63) is 66.3 Å². The molecule has 0 aliphatic carbocycles. The average molecular weight is 396 g/mol. The molecule has 3 N–H and O–H groups in total. The monoisotopic (exact) mass is 396 g/mol. The number of aromatic nitrogens is 3. The molecule has 29 heavy (non-hydrogen) atoms. The Morgan fingerprint density at radius 2 is 2.03 bits per heavy atom. The van der Waals surface area contributed by atoms with Crippen LogP contribution in [0.2, 0.25) is 0 Å². The molecule has 9 heteroatoms. The van der Waals surface area contributed by atoms with Gasteiger partial charge in [0.2, 0.25) is 0 Å². The highest BCUT2D eigenvalue weighted by Gasteiger charge is 2.31. The fourth-order valence-electron chi connectivity index (χ4n) is 3.19. The van der Waals surface area contributed by atoms with Crippen molar-refractivity contribution in [2.24, 2.45) is 5.92 Å². The number of nitrogen functional groups attached to an aromatic ring is 1. The van der Waals surface area contributed by atoms with E-state index in [4.69, 9.17) is 5.73 Å². The van der Waals surface area contributed by atoms with E-state index in [0.29, 0.717) is 19.0 Å². The Bertz CT molecular complexity index is 1040. The van der Waals surface area contributed by atoms with Gasteiger partial charge in [0.25, 0.3) is 0 Å². The number of hydrogen-bond donors (Lipinski definition) is 2. The zero-order chi connectivity index (χ0) is 20.4. The number of carbonyl (C=O) groups excluding carboxylic acids is 1. The van der Waals surface area contributed by atoms with Gasteiger partial charge in [-0.2, -0.15) is 0 Å². The van der Waals surface area contributed by atoms with E-state index in [1.165, 1.54) is 18.2 Å². The molecular weight excluding hydrogens is 378 g/mol. The summed E-state index contributed by atoms with van der Waals surface area (Å²) in [6, 6.07) is 5.92. The second-order valence-corrected chi connectivity index (χ2v) is 6.86. The third-order valence-corrected chi connectivity index (χ3v) is 4.72. The number of anilines is 2. The number of likely N-dealkylation sites (tertiary alicyclic amines) is 1. The first-order valence-corrected chi connectivity index (χ1v) is 9.02. The minimum absolute atomic E-state index is 0.120. The number of rotatable bonds is 4. The summed E-state index contributed by atoms with van der Waals surface area (Å²) in [6.07, 6.45) is 5.72. The van der Waals surface area contributed by atoms with Crippen molar-refractivity contribution in [1.29, 1.82) is 0 Å². The normalized spacial score (nSPS) is 13.8. The minimum Gasteiger partial charge on any atom is -0.396 e. The number of amides is 2. The number of carbonyl (C=O) groups is 1. The van der Waals surface area contributed by atoms with Crippen LogP contribution < -0.4 is 11.1 Å². The lowest BCUT2D eigenvalue weighted by atomic mass is 9.95. The maximum absolute atomic E-state index is 14.0. The summed E-state index contributed by atoms with van der Waals surface area (Å²) in [5.74, 6) is -0.978. The molecule has 2 aromatic heterocycles. The largest absolute Gasteiger partial charge is 0.396 e. The maximum Gasteiger partial charge on any atom is 0.323 e. The van der Waals surface area contributed by atoms with E-state index >= 15 is 0 Å². The van der Waals surface area contributed by atoms with Crippen LogP contribution in [-0.4, -0.2) is 39.0 Å². The Morgan fingerprint density at radius 1 is 1.21 bits per heavy atom. The molecule has 0 bridgehead atoms. The lowest BCUT2D eigenvalue weighted by molar-refractivity contribution is 0.130. The molecule has 0 radical (unpaired) electrons. The lowest BCUT2D eigenvalue weighted by Crippen LogP contribution is -2.52. The van der Waals surface area contributed by atoms with Gasteiger partial charge in [0.1, 0.15) is 11.6 Å². The summed E-state index contributed by atoms with van der Waals surface area (Å²) < 4.78 is 27.2. The number of urea groups is 1. The summed E-state index contributed by atoms with van der Waals surface area (Å²) in [5, 5.41) is 2.66. The van der Waals surface area contributed by atoms with Crippen LogP contribution in [0.4, 0.5) is 25.1 Å². The number of nitrogens with two attached hydrogens (primary N) is 1. The number of pyridine rings is 1. The molecule has 3 heterocycles. The first-order chi connectivity index (χ1) is 14.0. The summed E-state index contributed by atoms with van der Waals surface area (Å²) in [5.41, 5.74) is 7.41. The molecule has 0 unspecified atom stereocenters. The zero-order valence-corrected chi connectivity index (χ0v) is 15.3. The van der Waals surface area contributed by atoms with Crippen LogP contribution >= 0.6 is 0 Å². The van der Waals surface area contributed by atoms with Crippen LogP contribution in [-0.2, 0) is 6.42 Å². The fraction of sp³-hybridized carbons (Fsp3) is 0.200. The van der Waals surface area contributed by atoms with Crippen LogP contribution in [0.25, 0.3) is 11.3 Å². The molecule has 2 amide bonds. The van der Waals surface area contributed by atoms with Crippen LogP contribution in [0.5, 0.6) is 0 Å². The Morgan fingerprint density at radius 3 is 2.76 bits per heavy atom. The first kappa shape index (κ1) is 18.7. The summed E-state index contributed by atoms with van der Waals surface area (Å²) in [4.78, 5) is 26.6. The van der Waals surface area contributed by atoms with Crippen molar-refractivity contribution in [3.63, 3.8) is 0 Å². The van der Waals surface area contributed by atoms with E-state index in [2.05, 4.69) is 20.3 Å². The van der Waals surface area contributed by atoms with Crippen molar-refractivity contribution < 1.29 is 13.6 Å². The molecule has 0 spiro atoms. The molecule has 0 saturated carbocycles. The predicted octanol–water partition coefficient (Wildman–Crippen LogP) is 3.11. The third kappa shape index (κ3) is 4.13.